The number of carbonyl (C=O) groups is 1. The predicted octanol–water partition coefficient (Wildman–Crippen LogP) is 1.53. The van der Waals surface area contributed by atoms with Crippen LogP contribution < -0.4 is 5.73 Å². The SMILES string of the molecule is Nc1ccc(C23CCN(CC2)C(=O)C3)cc1. The number of nitrogen functional groups attached to an aromatic ring is 1. The van der Waals surface area contributed by atoms with Crippen LogP contribution in [0.25, 0.3) is 0 Å². The Morgan fingerprint density at radius 1 is 1.12 bits per heavy atom. The summed E-state index contributed by atoms with van der Waals surface area (Å²) in [7, 11) is 0. The fraction of sp³-hybridized carbons (Fsp3) is 0.462. The highest BCUT2D eigenvalue weighted by Crippen LogP contribution is 2.43. The Morgan fingerprint density at radius 2 is 1.75 bits per heavy atom. The summed E-state index contributed by atoms with van der Waals surface area (Å²) in [6.07, 6.45) is 2.88. The second kappa shape index (κ2) is 3.24. The van der Waals surface area contributed by atoms with Crippen molar-refractivity contribution < 1.29 is 4.79 Å². The number of hydrogen-bond donors (Lipinski definition) is 1. The summed E-state index contributed by atoms with van der Waals surface area (Å²) in [5, 5.41) is 0. The first-order valence-corrected chi connectivity index (χ1v) is 5.83. The van der Waals surface area contributed by atoms with E-state index in [2.05, 4.69) is 12.1 Å². The first-order chi connectivity index (χ1) is 7.70. The standard InChI is InChI=1S/C13H16N2O/c14-11-3-1-10(2-4-11)13-5-7-15(8-6-13)12(16)9-13/h1-4H,5-9,14H2. The van der Waals surface area contributed by atoms with Gasteiger partial charge >= 0.3 is 0 Å². The van der Waals surface area contributed by atoms with Gasteiger partial charge in [0.25, 0.3) is 0 Å². The van der Waals surface area contributed by atoms with Gasteiger partial charge in [-0.15, -0.1) is 0 Å². The minimum atomic E-state index is 0.0968. The topological polar surface area (TPSA) is 46.3 Å². The highest BCUT2D eigenvalue weighted by molar-refractivity contribution is 5.80. The number of piperidine rings is 3. The Bertz CT molecular complexity index is 416. The van der Waals surface area contributed by atoms with Crippen LogP contribution in [-0.4, -0.2) is 23.9 Å². The molecule has 2 N–H and O–H groups in total. The van der Waals surface area contributed by atoms with Crippen molar-refractivity contribution in [1.82, 2.24) is 4.90 Å². The molecule has 3 aliphatic heterocycles. The van der Waals surface area contributed by atoms with Crippen LogP contribution in [0.5, 0.6) is 0 Å². The molecule has 0 aromatic heterocycles. The molecule has 2 bridgehead atoms. The van der Waals surface area contributed by atoms with Gasteiger partial charge in [-0.05, 0) is 30.5 Å². The summed E-state index contributed by atoms with van der Waals surface area (Å²) >= 11 is 0. The Hall–Kier alpha value is -1.51. The Balaban J connectivity index is 1.98. The van der Waals surface area contributed by atoms with E-state index in [0.717, 1.165) is 31.6 Å². The number of fused-ring (bicyclic) bond motifs is 3. The molecule has 3 heterocycles. The van der Waals surface area contributed by atoms with Crippen LogP contribution in [0.2, 0.25) is 0 Å². The van der Waals surface area contributed by atoms with Gasteiger partial charge in [0, 0.05) is 30.6 Å². The van der Waals surface area contributed by atoms with Crippen molar-refractivity contribution in [2.24, 2.45) is 0 Å². The zero-order chi connectivity index (χ0) is 11.2. The Kier molecular flexibility index (Phi) is 1.96. The summed E-state index contributed by atoms with van der Waals surface area (Å²) in [6.45, 7) is 1.84. The summed E-state index contributed by atoms with van der Waals surface area (Å²) < 4.78 is 0. The number of anilines is 1. The molecule has 4 rings (SSSR count). The highest BCUT2D eigenvalue weighted by Gasteiger charge is 2.44. The van der Waals surface area contributed by atoms with Crippen LogP contribution >= 0.6 is 0 Å². The van der Waals surface area contributed by atoms with Gasteiger partial charge in [-0.2, -0.15) is 0 Å². The van der Waals surface area contributed by atoms with E-state index in [4.69, 9.17) is 5.73 Å². The first kappa shape index (κ1) is 9.70. The van der Waals surface area contributed by atoms with E-state index >= 15 is 0 Å². The number of carbonyl (C=O) groups excluding carboxylic acids is 1. The molecule has 1 aromatic carbocycles. The number of hydrogen-bond acceptors (Lipinski definition) is 2. The van der Waals surface area contributed by atoms with Crippen molar-refractivity contribution in [3.63, 3.8) is 0 Å². The Labute approximate surface area is 95.2 Å². The molecule has 0 saturated carbocycles. The average molecular weight is 216 g/mol. The number of benzene rings is 1. The van der Waals surface area contributed by atoms with Crippen molar-refractivity contribution in [3.8, 4) is 0 Å². The van der Waals surface area contributed by atoms with Crippen molar-refractivity contribution >= 4 is 11.6 Å². The summed E-state index contributed by atoms with van der Waals surface area (Å²) in [4.78, 5) is 13.8. The minimum absolute atomic E-state index is 0.0968. The zero-order valence-electron chi connectivity index (χ0n) is 9.28. The van der Waals surface area contributed by atoms with Crippen molar-refractivity contribution in [2.75, 3.05) is 18.8 Å². The van der Waals surface area contributed by atoms with Gasteiger partial charge in [0.2, 0.25) is 5.91 Å². The lowest BCUT2D eigenvalue weighted by Crippen LogP contribution is -2.53. The molecule has 1 aromatic rings. The molecule has 3 fully saturated rings. The van der Waals surface area contributed by atoms with Gasteiger partial charge in [0.15, 0.2) is 0 Å². The van der Waals surface area contributed by atoms with Gasteiger partial charge in [0.1, 0.15) is 0 Å². The molecule has 16 heavy (non-hydrogen) atoms. The van der Waals surface area contributed by atoms with Gasteiger partial charge in [0.05, 0.1) is 0 Å². The second-order valence-corrected chi connectivity index (χ2v) is 4.96. The van der Waals surface area contributed by atoms with Gasteiger partial charge < -0.3 is 10.6 Å². The van der Waals surface area contributed by atoms with Crippen LogP contribution in [-0.2, 0) is 10.2 Å². The second-order valence-electron chi connectivity index (χ2n) is 4.96. The van der Waals surface area contributed by atoms with Crippen LogP contribution in [0.4, 0.5) is 5.69 Å². The third kappa shape index (κ3) is 1.31. The normalized spacial score (nSPS) is 22.5. The van der Waals surface area contributed by atoms with E-state index < -0.39 is 0 Å². The molecule has 3 heteroatoms. The van der Waals surface area contributed by atoms with Crippen LogP contribution in [0.15, 0.2) is 24.3 Å². The number of rotatable bonds is 1. The highest BCUT2D eigenvalue weighted by atomic mass is 16.2. The van der Waals surface area contributed by atoms with E-state index in [1.54, 1.807) is 0 Å². The number of nitrogens with two attached hydrogens (primary N) is 1. The number of amides is 1. The molecule has 0 unspecified atom stereocenters. The maximum atomic E-state index is 11.8. The maximum Gasteiger partial charge on any atom is 0.223 e. The molecule has 84 valence electrons. The molecule has 0 atom stereocenters. The van der Waals surface area contributed by atoms with Crippen molar-refractivity contribution in [2.45, 2.75) is 24.7 Å². The van der Waals surface area contributed by atoms with E-state index in [-0.39, 0.29) is 5.41 Å². The molecule has 0 aliphatic carbocycles. The largest absolute Gasteiger partial charge is 0.399 e. The van der Waals surface area contributed by atoms with E-state index in [0.29, 0.717) is 12.3 Å². The average Bonchev–Trinajstić information content (AvgIpc) is 2.31. The fourth-order valence-electron chi connectivity index (χ4n) is 2.99. The van der Waals surface area contributed by atoms with Gasteiger partial charge in [-0.1, -0.05) is 12.1 Å². The molecular formula is C13H16N2O. The van der Waals surface area contributed by atoms with E-state index in [1.165, 1.54) is 5.56 Å². The fourth-order valence-corrected chi connectivity index (χ4v) is 2.99. The number of nitrogens with zero attached hydrogens (tertiary/aromatic N) is 1. The minimum Gasteiger partial charge on any atom is -0.399 e. The quantitative estimate of drug-likeness (QED) is 0.724. The third-order valence-electron chi connectivity index (χ3n) is 4.09. The van der Waals surface area contributed by atoms with Crippen LogP contribution in [0.1, 0.15) is 24.8 Å². The Morgan fingerprint density at radius 3 is 2.31 bits per heavy atom. The molecule has 0 spiro atoms. The zero-order valence-corrected chi connectivity index (χ0v) is 9.28. The maximum absolute atomic E-state index is 11.8. The lowest BCUT2D eigenvalue weighted by atomic mass is 9.67. The van der Waals surface area contributed by atoms with Crippen molar-refractivity contribution in [3.05, 3.63) is 29.8 Å². The summed E-state index contributed by atoms with van der Waals surface area (Å²) in [5.74, 6) is 0.314. The third-order valence-corrected chi connectivity index (χ3v) is 4.09. The molecule has 3 nitrogen and oxygen atoms in total. The van der Waals surface area contributed by atoms with Crippen molar-refractivity contribution in [1.29, 1.82) is 0 Å². The van der Waals surface area contributed by atoms with Gasteiger partial charge in [-0.25, -0.2) is 0 Å². The monoisotopic (exact) mass is 216 g/mol. The lowest BCUT2D eigenvalue weighted by Gasteiger charge is -2.48. The van der Waals surface area contributed by atoms with Crippen LogP contribution in [0, 0.1) is 0 Å². The predicted molar refractivity (Wildman–Crippen MR) is 63.0 cm³/mol. The molecular weight excluding hydrogens is 200 g/mol. The first-order valence-electron chi connectivity index (χ1n) is 5.83. The van der Waals surface area contributed by atoms with Gasteiger partial charge in [-0.3, -0.25) is 4.79 Å². The summed E-state index contributed by atoms with van der Waals surface area (Å²) in [5.41, 5.74) is 7.88. The molecule has 3 saturated heterocycles. The lowest BCUT2D eigenvalue weighted by molar-refractivity contribution is -0.140. The van der Waals surface area contributed by atoms with E-state index in [1.807, 2.05) is 17.0 Å². The smallest absolute Gasteiger partial charge is 0.223 e. The van der Waals surface area contributed by atoms with Crippen LogP contribution in [0.3, 0.4) is 0 Å². The van der Waals surface area contributed by atoms with E-state index in [9.17, 15) is 4.79 Å². The molecule has 3 aliphatic rings. The molecule has 1 amide bonds. The molecule has 0 radical (unpaired) electrons. The summed E-state index contributed by atoms with van der Waals surface area (Å²) in [6, 6.07) is 8.05.